The van der Waals surface area contributed by atoms with Gasteiger partial charge in [-0.3, -0.25) is 4.98 Å². The van der Waals surface area contributed by atoms with Crippen LogP contribution in [0.3, 0.4) is 0 Å². The maximum absolute atomic E-state index is 9.78. The van der Waals surface area contributed by atoms with E-state index in [1.165, 1.54) is 0 Å². The summed E-state index contributed by atoms with van der Waals surface area (Å²) in [5, 5.41) is 37.5. The van der Waals surface area contributed by atoms with Gasteiger partial charge in [0.05, 0.1) is 23.9 Å². The van der Waals surface area contributed by atoms with Gasteiger partial charge in [0.1, 0.15) is 5.92 Å². The molecule has 6 heteroatoms. The molecule has 1 aromatic heterocycles. The highest BCUT2D eigenvalue weighted by Crippen LogP contribution is 2.54. The monoisotopic (exact) mass is 319 g/mol. The van der Waals surface area contributed by atoms with E-state index in [-0.39, 0.29) is 11.6 Å². The number of rotatable bonds is 1. The third-order valence-electron chi connectivity index (χ3n) is 4.63. The Morgan fingerprint density at radius 3 is 2.52 bits per heavy atom. The molecule has 0 aromatic carbocycles. The van der Waals surface area contributed by atoms with Crippen LogP contribution in [0, 0.1) is 56.7 Å². The Morgan fingerprint density at radius 2 is 1.91 bits per heavy atom. The molecule has 5 nitrogen and oxygen atoms in total. The minimum Gasteiger partial charge on any atom is -0.305 e. The Bertz CT molecular complexity index is 779. The molecule has 2 heterocycles. The molecule has 3 rings (SSSR count). The quantitative estimate of drug-likeness (QED) is 0.800. The molecule has 0 saturated heterocycles. The van der Waals surface area contributed by atoms with Gasteiger partial charge in [0.25, 0.3) is 0 Å². The van der Waals surface area contributed by atoms with Crippen LogP contribution in [0.4, 0.5) is 0 Å². The molecule has 2 aliphatic rings. The molecule has 0 radical (unpaired) electrons. The van der Waals surface area contributed by atoms with Gasteiger partial charge >= 0.3 is 0 Å². The molecule has 0 bridgehead atoms. The Hall–Kier alpha value is -2.62. The number of hydrogen-bond donors (Lipinski definition) is 1. The molecular weight excluding hydrogens is 306 g/mol. The topological polar surface area (TPSA) is 108 Å². The maximum atomic E-state index is 9.78. The number of nitrogens with zero attached hydrogens (tertiary/aromatic N) is 4. The molecule has 1 fully saturated rings. The first-order valence-corrected chi connectivity index (χ1v) is 8.33. The van der Waals surface area contributed by atoms with Crippen molar-refractivity contribution in [3.8, 4) is 18.2 Å². The number of fused-ring (bicyclic) bond motifs is 1. The van der Waals surface area contributed by atoms with Crippen molar-refractivity contribution in [3.05, 3.63) is 41.7 Å². The first kappa shape index (κ1) is 15.3. The van der Waals surface area contributed by atoms with Gasteiger partial charge in [0.15, 0.2) is 5.41 Å². The van der Waals surface area contributed by atoms with Crippen molar-refractivity contribution in [2.75, 3.05) is 11.5 Å². The van der Waals surface area contributed by atoms with Gasteiger partial charge in [0.2, 0.25) is 0 Å². The smallest absolute Gasteiger partial charge is 0.189 e. The van der Waals surface area contributed by atoms with Crippen LogP contribution in [-0.4, -0.2) is 22.2 Å². The zero-order valence-electron chi connectivity index (χ0n) is 12.2. The van der Waals surface area contributed by atoms with E-state index in [0.29, 0.717) is 0 Å². The summed E-state index contributed by atoms with van der Waals surface area (Å²) >= 11 is 1.72. The number of nitrogens with one attached hydrogen (secondary N) is 1. The Morgan fingerprint density at radius 1 is 1.22 bits per heavy atom. The fourth-order valence-corrected chi connectivity index (χ4v) is 4.64. The lowest BCUT2D eigenvalue weighted by atomic mass is 9.55. The fourth-order valence-electron chi connectivity index (χ4n) is 3.56. The van der Waals surface area contributed by atoms with Crippen molar-refractivity contribution in [2.45, 2.75) is 5.92 Å². The fraction of sp³-hybridized carbons (Fsp3) is 0.353. The third-order valence-corrected chi connectivity index (χ3v) is 5.62. The van der Waals surface area contributed by atoms with E-state index in [0.717, 1.165) is 22.6 Å². The van der Waals surface area contributed by atoms with E-state index in [9.17, 15) is 15.8 Å². The van der Waals surface area contributed by atoms with Crippen molar-refractivity contribution in [2.24, 2.45) is 17.3 Å². The number of hydrogen-bond acceptors (Lipinski definition) is 6. The Balaban J connectivity index is 2.26. The van der Waals surface area contributed by atoms with Crippen molar-refractivity contribution < 1.29 is 0 Å². The van der Waals surface area contributed by atoms with E-state index < -0.39 is 17.3 Å². The number of allylic oxidation sites excluding steroid dienone is 1. The van der Waals surface area contributed by atoms with Crippen molar-refractivity contribution >= 4 is 17.5 Å². The zero-order valence-corrected chi connectivity index (χ0v) is 13.0. The van der Waals surface area contributed by atoms with Crippen molar-refractivity contribution in [1.82, 2.24) is 4.98 Å². The Kier molecular flexibility index (Phi) is 3.90. The van der Waals surface area contributed by atoms with E-state index in [1.807, 2.05) is 6.08 Å². The molecule has 1 aliphatic heterocycles. The van der Waals surface area contributed by atoms with Crippen molar-refractivity contribution in [1.29, 1.82) is 21.2 Å². The molecule has 1 saturated carbocycles. The number of nitriles is 3. The van der Waals surface area contributed by atoms with Crippen LogP contribution in [0.25, 0.3) is 0 Å². The highest BCUT2D eigenvalue weighted by molar-refractivity contribution is 7.99. The molecular formula is C17H13N5S. The summed E-state index contributed by atoms with van der Waals surface area (Å²) in [6.07, 6.45) is 5.26. The van der Waals surface area contributed by atoms with Crippen molar-refractivity contribution in [3.63, 3.8) is 0 Å². The van der Waals surface area contributed by atoms with E-state index >= 15 is 0 Å². The van der Waals surface area contributed by atoms with Gasteiger partial charge in [-0.1, -0.05) is 6.08 Å². The van der Waals surface area contributed by atoms with Gasteiger partial charge in [-0.25, -0.2) is 0 Å². The number of thioether (sulfide) groups is 1. The Labute approximate surface area is 138 Å². The lowest BCUT2D eigenvalue weighted by Gasteiger charge is -2.45. The second-order valence-electron chi connectivity index (χ2n) is 5.61. The van der Waals surface area contributed by atoms with E-state index in [2.05, 4.69) is 23.2 Å². The highest BCUT2D eigenvalue weighted by atomic mass is 32.2. The lowest BCUT2D eigenvalue weighted by Crippen LogP contribution is -2.49. The molecule has 112 valence electrons. The summed E-state index contributed by atoms with van der Waals surface area (Å²) in [6, 6.07) is 9.86. The standard InChI is InChI=1S/C17H13N5S/c18-7-13-12-3-6-23-8-14(12)15(11-1-4-22-5-2-11)17(9-19,10-20)16(13)21/h1-5,13-15,21H,6,8H2/t13-,14+,15-/m1/s1. The minimum absolute atomic E-state index is 0.0887. The molecule has 1 N–H and O–H groups in total. The largest absolute Gasteiger partial charge is 0.305 e. The zero-order chi connectivity index (χ0) is 16.4. The number of aromatic nitrogens is 1. The third kappa shape index (κ3) is 2.13. The summed E-state index contributed by atoms with van der Waals surface area (Å²) in [5.74, 6) is 0.228. The SMILES string of the molecule is N#C[C@H]1C(=N)C(C#N)(C#N)[C@H](c2ccncc2)[C@H]2CSCC=C12. The molecule has 0 amide bonds. The van der Waals surface area contributed by atoms with Gasteiger partial charge in [-0.2, -0.15) is 27.5 Å². The predicted octanol–water partition coefficient (Wildman–Crippen LogP) is 2.66. The van der Waals surface area contributed by atoms with Crippen LogP contribution in [0.15, 0.2) is 36.2 Å². The summed E-state index contributed by atoms with van der Waals surface area (Å²) < 4.78 is 0. The first-order chi connectivity index (χ1) is 11.2. The van der Waals surface area contributed by atoms with Crippen LogP contribution in [0.1, 0.15) is 11.5 Å². The van der Waals surface area contributed by atoms with Gasteiger partial charge < -0.3 is 5.41 Å². The summed E-state index contributed by atoms with van der Waals surface area (Å²) in [4.78, 5) is 4.00. The normalized spacial score (nSPS) is 28.5. The second kappa shape index (κ2) is 5.88. The van der Waals surface area contributed by atoms with Crippen LogP contribution in [0.5, 0.6) is 0 Å². The summed E-state index contributed by atoms with van der Waals surface area (Å²) in [5.41, 5.74) is 0.00446. The molecule has 0 spiro atoms. The van der Waals surface area contributed by atoms with Crippen LogP contribution in [0.2, 0.25) is 0 Å². The highest BCUT2D eigenvalue weighted by Gasteiger charge is 2.57. The molecule has 1 aromatic rings. The summed E-state index contributed by atoms with van der Waals surface area (Å²) in [7, 11) is 0. The minimum atomic E-state index is -1.61. The molecule has 23 heavy (non-hydrogen) atoms. The number of pyridine rings is 1. The van der Waals surface area contributed by atoms with E-state index in [4.69, 9.17) is 5.41 Å². The second-order valence-corrected chi connectivity index (χ2v) is 6.69. The first-order valence-electron chi connectivity index (χ1n) is 7.18. The predicted molar refractivity (Wildman–Crippen MR) is 86.4 cm³/mol. The molecule has 3 atom stereocenters. The van der Waals surface area contributed by atoms with Crippen LogP contribution < -0.4 is 0 Å². The average molecular weight is 319 g/mol. The molecule has 0 unspecified atom stereocenters. The molecule has 1 aliphatic carbocycles. The van der Waals surface area contributed by atoms with Gasteiger partial charge in [-0.05, 0) is 23.3 Å². The maximum Gasteiger partial charge on any atom is 0.189 e. The lowest BCUT2D eigenvalue weighted by molar-refractivity contribution is 0.378. The van der Waals surface area contributed by atoms with Crippen LogP contribution >= 0.6 is 11.8 Å². The van der Waals surface area contributed by atoms with Gasteiger partial charge in [0, 0.05) is 35.7 Å². The van der Waals surface area contributed by atoms with E-state index in [1.54, 1.807) is 36.3 Å². The van der Waals surface area contributed by atoms with Gasteiger partial charge in [-0.15, -0.1) is 0 Å². The van der Waals surface area contributed by atoms with Crippen LogP contribution in [-0.2, 0) is 0 Å². The summed E-state index contributed by atoms with van der Waals surface area (Å²) in [6.45, 7) is 0. The average Bonchev–Trinajstić information content (AvgIpc) is 2.61.